The van der Waals surface area contributed by atoms with Crippen molar-refractivity contribution in [1.82, 2.24) is 24.8 Å². The molecule has 180 valence electrons. The molecular formula is C18H19N7O5S4. The Bertz CT molecular complexity index is 1190. The van der Waals surface area contributed by atoms with E-state index in [2.05, 4.69) is 25.0 Å². The summed E-state index contributed by atoms with van der Waals surface area (Å²) in [6.45, 7) is 2.00. The lowest BCUT2D eigenvalue weighted by Crippen LogP contribution is -2.71. The summed E-state index contributed by atoms with van der Waals surface area (Å²) >= 11 is 5.24. The van der Waals surface area contributed by atoms with E-state index in [0.717, 1.165) is 27.7 Å². The van der Waals surface area contributed by atoms with Gasteiger partial charge >= 0.3 is 5.97 Å². The minimum absolute atomic E-state index is 0.0500. The van der Waals surface area contributed by atoms with Crippen LogP contribution in [0, 0.1) is 0 Å². The third-order valence-electron chi connectivity index (χ3n) is 4.92. The molecule has 2 aliphatic rings. The van der Waals surface area contributed by atoms with E-state index in [1.165, 1.54) is 47.1 Å². The first-order valence-electron chi connectivity index (χ1n) is 9.83. The molecule has 0 saturated carbocycles. The maximum Gasteiger partial charge on any atom is 0.352 e. The molecule has 1 saturated heterocycles. The molecule has 0 radical (unpaired) electrons. The van der Waals surface area contributed by atoms with Crippen molar-refractivity contribution in [1.29, 1.82) is 0 Å². The molecule has 0 spiro atoms. The molecule has 4 heterocycles. The molecule has 0 aliphatic carbocycles. The number of rotatable bonds is 9. The molecule has 2 aliphatic heterocycles. The summed E-state index contributed by atoms with van der Waals surface area (Å²) in [6.07, 6.45) is 0.787. The average Bonchev–Trinajstić information content (AvgIpc) is 3.46. The molecule has 1 unspecified atom stereocenters. The van der Waals surface area contributed by atoms with Crippen molar-refractivity contribution >= 4 is 75.0 Å². The van der Waals surface area contributed by atoms with Crippen LogP contribution in [0.4, 0.5) is 5.13 Å². The Morgan fingerprint density at radius 2 is 2.26 bits per heavy atom. The zero-order valence-electron chi connectivity index (χ0n) is 17.9. The Morgan fingerprint density at radius 3 is 2.91 bits per heavy atom. The van der Waals surface area contributed by atoms with Gasteiger partial charge in [0.2, 0.25) is 0 Å². The zero-order chi connectivity index (χ0) is 24.4. The van der Waals surface area contributed by atoms with Crippen molar-refractivity contribution in [2.24, 2.45) is 5.16 Å². The molecular weight excluding hydrogens is 523 g/mol. The van der Waals surface area contributed by atoms with Gasteiger partial charge in [-0.2, -0.15) is 0 Å². The Balaban J connectivity index is 1.49. The number of nitrogens with zero attached hydrogens (tertiary/aromatic N) is 5. The van der Waals surface area contributed by atoms with Gasteiger partial charge in [-0.15, -0.1) is 28.2 Å². The Hall–Kier alpha value is -2.69. The fourth-order valence-electron chi connectivity index (χ4n) is 3.38. The molecule has 2 aromatic rings. The van der Waals surface area contributed by atoms with Crippen LogP contribution in [0.15, 0.2) is 26.8 Å². The summed E-state index contributed by atoms with van der Waals surface area (Å²) in [5, 5.41) is 22.3. The number of aryl methyl sites for hydroxylation is 1. The van der Waals surface area contributed by atoms with Gasteiger partial charge in [-0.25, -0.2) is 9.78 Å². The molecule has 2 aromatic heterocycles. The van der Waals surface area contributed by atoms with Crippen LogP contribution in [0.5, 0.6) is 0 Å². The van der Waals surface area contributed by atoms with E-state index >= 15 is 0 Å². The number of thioether (sulfide) groups is 2. The van der Waals surface area contributed by atoms with Crippen LogP contribution in [0.25, 0.3) is 0 Å². The van der Waals surface area contributed by atoms with Crippen molar-refractivity contribution in [2.45, 2.75) is 29.8 Å². The van der Waals surface area contributed by atoms with Crippen LogP contribution < -0.4 is 11.1 Å². The largest absolute Gasteiger partial charge is 0.477 e. The monoisotopic (exact) mass is 541 g/mol. The molecule has 2 amide bonds. The fourth-order valence-corrected chi connectivity index (χ4v) is 7.16. The van der Waals surface area contributed by atoms with Gasteiger partial charge < -0.3 is 21.0 Å². The highest BCUT2D eigenvalue weighted by molar-refractivity contribution is 8.01. The smallest absolute Gasteiger partial charge is 0.352 e. The highest BCUT2D eigenvalue weighted by atomic mass is 32.2. The van der Waals surface area contributed by atoms with Crippen molar-refractivity contribution < 1.29 is 24.3 Å². The van der Waals surface area contributed by atoms with Gasteiger partial charge in [-0.1, -0.05) is 28.3 Å². The van der Waals surface area contributed by atoms with Gasteiger partial charge in [0.15, 0.2) is 10.8 Å². The predicted molar refractivity (Wildman–Crippen MR) is 130 cm³/mol. The van der Waals surface area contributed by atoms with Crippen molar-refractivity contribution in [3.63, 3.8) is 0 Å². The fraction of sp³-hybridized carbons (Fsp3) is 0.389. The lowest BCUT2D eigenvalue weighted by atomic mass is 10.0. The van der Waals surface area contributed by atoms with Gasteiger partial charge in [0, 0.05) is 16.9 Å². The minimum atomic E-state index is -1.19. The van der Waals surface area contributed by atoms with Crippen LogP contribution in [-0.2, 0) is 25.6 Å². The van der Waals surface area contributed by atoms with Crippen molar-refractivity contribution in [3.8, 4) is 0 Å². The van der Waals surface area contributed by atoms with E-state index in [1.54, 1.807) is 5.38 Å². The number of carboxylic acid groups (broad SMARTS) is 1. The van der Waals surface area contributed by atoms with Crippen LogP contribution in [0.3, 0.4) is 0 Å². The number of carboxylic acids is 1. The number of oxime groups is 1. The van der Waals surface area contributed by atoms with E-state index in [9.17, 15) is 19.5 Å². The third-order valence-corrected chi connectivity index (χ3v) is 9.03. The number of thiazole rings is 1. The molecule has 1 fully saturated rings. The normalized spacial score (nSPS) is 20.1. The standard InChI is InChI=1S/C18H19N7O5S4/c1-3-9-14(22-24-34-9)31-4-7-5-32-16-11(15(27)25(16)12(7)17(28)29)21-13(26)10(23-30-2)8-6-33-18(19)20-8/h6,11,16H,3-5H2,1-2H3,(H2,19,20)(H,21,26)(H,28,29)/b23-10-/t11-,16?/m1/s1. The summed E-state index contributed by atoms with van der Waals surface area (Å²) in [5.74, 6) is -1.60. The summed E-state index contributed by atoms with van der Waals surface area (Å²) in [4.78, 5) is 48.8. The lowest BCUT2D eigenvalue weighted by molar-refractivity contribution is -0.150. The van der Waals surface area contributed by atoms with E-state index in [-0.39, 0.29) is 22.2 Å². The Labute approximate surface area is 210 Å². The maximum absolute atomic E-state index is 12.9. The number of carbonyl (C=O) groups is 3. The second kappa shape index (κ2) is 10.3. The predicted octanol–water partition coefficient (Wildman–Crippen LogP) is 1.02. The topological polar surface area (TPSA) is 173 Å². The quantitative estimate of drug-likeness (QED) is 0.179. The summed E-state index contributed by atoms with van der Waals surface area (Å²) in [6, 6.07) is -0.909. The molecule has 16 heteroatoms. The number of anilines is 1. The number of β-lactam (4-membered cyclic amide) rings is 1. The minimum Gasteiger partial charge on any atom is -0.477 e. The first-order valence-corrected chi connectivity index (χ1v) is 13.5. The molecule has 4 N–H and O–H groups in total. The lowest BCUT2D eigenvalue weighted by Gasteiger charge is -2.49. The van der Waals surface area contributed by atoms with E-state index in [4.69, 9.17) is 10.6 Å². The van der Waals surface area contributed by atoms with E-state index in [1.807, 2.05) is 6.92 Å². The maximum atomic E-state index is 12.9. The number of amides is 2. The van der Waals surface area contributed by atoms with Gasteiger partial charge in [-0.05, 0) is 23.5 Å². The SMILES string of the molecule is CCc1snnc1SCC1=C(C(=O)O)N2C(=O)[C@@H](NC(=O)/C(=N\OC)c3csc(N)n3)C2SC1. The number of nitrogen functional groups attached to an aromatic ring is 1. The summed E-state index contributed by atoms with van der Waals surface area (Å²) in [5.41, 5.74) is 6.29. The summed E-state index contributed by atoms with van der Waals surface area (Å²) in [7, 11) is 1.28. The number of hydrogen-bond acceptors (Lipinski definition) is 13. The summed E-state index contributed by atoms with van der Waals surface area (Å²) < 4.78 is 3.95. The second-order valence-corrected chi connectivity index (χ2v) is 10.8. The highest BCUT2D eigenvalue weighted by Gasteiger charge is 2.54. The first-order chi connectivity index (χ1) is 16.3. The van der Waals surface area contributed by atoms with Crippen LogP contribution >= 0.6 is 46.4 Å². The van der Waals surface area contributed by atoms with E-state index < -0.39 is 29.2 Å². The molecule has 0 bridgehead atoms. The number of carbonyl (C=O) groups excluding carboxylic acids is 2. The van der Waals surface area contributed by atoms with Gasteiger partial charge in [0.05, 0.1) is 4.88 Å². The van der Waals surface area contributed by atoms with Gasteiger partial charge in [-0.3, -0.25) is 14.5 Å². The van der Waals surface area contributed by atoms with Crippen LogP contribution in [-0.4, -0.2) is 78.1 Å². The molecule has 0 aromatic carbocycles. The van der Waals surface area contributed by atoms with Crippen LogP contribution in [0.2, 0.25) is 0 Å². The molecule has 34 heavy (non-hydrogen) atoms. The zero-order valence-corrected chi connectivity index (χ0v) is 21.1. The number of nitrogens with two attached hydrogens (primary N) is 1. The van der Waals surface area contributed by atoms with Gasteiger partial charge in [0.1, 0.15) is 34.9 Å². The van der Waals surface area contributed by atoms with Crippen molar-refractivity contribution in [2.75, 3.05) is 24.3 Å². The highest BCUT2D eigenvalue weighted by Crippen LogP contribution is 2.41. The number of aliphatic carboxylic acids is 1. The number of hydrogen-bond donors (Lipinski definition) is 3. The number of aromatic nitrogens is 3. The first kappa shape index (κ1) is 24.4. The Kier molecular flexibility index (Phi) is 7.39. The van der Waals surface area contributed by atoms with E-state index in [0.29, 0.717) is 17.1 Å². The van der Waals surface area contributed by atoms with Crippen molar-refractivity contribution in [3.05, 3.63) is 27.2 Å². The molecule has 4 rings (SSSR count). The number of fused-ring (bicyclic) bond motifs is 1. The van der Waals surface area contributed by atoms with Crippen LogP contribution in [0.1, 0.15) is 17.5 Å². The molecule has 12 nitrogen and oxygen atoms in total. The average molecular weight is 542 g/mol. The number of nitrogens with one attached hydrogen (secondary N) is 1. The third kappa shape index (κ3) is 4.62. The second-order valence-electron chi connectivity index (χ2n) is 6.96. The van der Waals surface area contributed by atoms with Gasteiger partial charge in [0.25, 0.3) is 11.8 Å². The Morgan fingerprint density at radius 1 is 1.47 bits per heavy atom. The molecule has 2 atom stereocenters.